The van der Waals surface area contributed by atoms with Crippen LogP contribution in [0.25, 0.3) is 0 Å². The molecule has 0 fully saturated rings. The van der Waals surface area contributed by atoms with E-state index in [0.29, 0.717) is 16.7 Å². The highest BCUT2D eigenvalue weighted by Gasteiger charge is 2.17. The van der Waals surface area contributed by atoms with Crippen molar-refractivity contribution in [3.8, 4) is 5.75 Å². The normalized spacial score (nSPS) is 11.6. The van der Waals surface area contributed by atoms with E-state index >= 15 is 0 Å². The number of carbonyl (C=O) groups excluding carboxylic acids is 2. The van der Waals surface area contributed by atoms with E-state index in [1.165, 1.54) is 22.9 Å². The van der Waals surface area contributed by atoms with E-state index in [4.69, 9.17) is 4.74 Å². The molecule has 180 valence electrons. The number of nitrogens with one attached hydrogen (secondary N) is 2. The molecule has 0 spiro atoms. The fraction of sp³-hybridized carbons (Fsp3) is 0.360. The maximum Gasteiger partial charge on any atom is 0.261 e. The zero-order valence-corrected chi connectivity index (χ0v) is 20.8. The summed E-state index contributed by atoms with van der Waals surface area (Å²) < 4.78 is 7.49. The molecule has 1 aromatic heterocycles. The maximum absolute atomic E-state index is 12.4. The lowest BCUT2D eigenvalue weighted by Gasteiger charge is -2.15. The second-order valence-corrected chi connectivity index (χ2v) is 8.76. The molecule has 8 nitrogen and oxygen atoms in total. The monoisotopic (exact) mass is 481 g/mol. The van der Waals surface area contributed by atoms with Gasteiger partial charge in [0, 0.05) is 12.7 Å². The second-order valence-electron chi connectivity index (χ2n) is 7.82. The minimum absolute atomic E-state index is 0.120. The first-order valence-corrected chi connectivity index (χ1v) is 12.3. The molecule has 2 amide bonds. The number of rotatable bonds is 11. The van der Waals surface area contributed by atoms with E-state index in [1.807, 2.05) is 48.5 Å². The third-order valence-electron chi connectivity index (χ3n) is 5.34. The molecular formula is C25H31N5O3S. The van der Waals surface area contributed by atoms with Gasteiger partial charge in [0.25, 0.3) is 5.91 Å². The maximum atomic E-state index is 12.4. The number of hydrogen-bond acceptors (Lipinski definition) is 6. The fourth-order valence-electron chi connectivity index (χ4n) is 3.15. The Hall–Kier alpha value is -3.33. The van der Waals surface area contributed by atoms with Crippen LogP contribution in [0.15, 0.2) is 53.7 Å². The molecule has 1 heterocycles. The van der Waals surface area contributed by atoms with Crippen LogP contribution in [-0.2, 0) is 36.0 Å². The van der Waals surface area contributed by atoms with Crippen LogP contribution in [0.1, 0.15) is 37.7 Å². The summed E-state index contributed by atoms with van der Waals surface area (Å²) in [6.07, 6.45) is 1.26. The van der Waals surface area contributed by atoms with E-state index in [0.717, 1.165) is 18.5 Å². The highest BCUT2D eigenvalue weighted by molar-refractivity contribution is 7.99. The number of anilines is 1. The molecule has 3 aromatic rings. The smallest absolute Gasteiger partial charge is 0.261 e. The summed E-state index contributed by atoms with van der Waals surface area (Å²) in [5.74, 6) is 1.08. The van der Waals surface area contributed by atoms with Crippen molar-refractivity contribution in [2.75, 3.05) is 11.1 Å². The Morgan fingerprint density at radius 1 is 1.00 bits per heavy atom. The Morgan fingerprint density at radius 3 is 2.24 bits per heavy atom. The van der Waals surface area contributed by atoms with Gasteiger partial charge < -0.3 is 19.9 Å². The van der Waals surface area contributed by atoms with Crippen LogP contribution in [-0.4, -0.2) is 38.4 Å². The van der Waals surface area contributed by atoms with Crippen LogP contribution < -0.4 is 15.4 Å². The zero-order valence-electron chi connectivity index (χ0n) is 20.0. The van der Waals surface area contributed by atoms with Crippen LogP contribution >= 0.6 is 11.8 Å². The molecule has 0 aliphatic heterocycles. The van der Waals surface area contributed by atoms with Crippen molar-refractivity contribution >= 4 is 29.3 Å². The van der Waals surface area contributed by atoms with E-state index in [1.54, 1.807) is 18.5 Å². The van der Waals surface area contributed by atoms with Crippen molar-refractivity contribution in [2.24, 2.45) is 7.05 Å². The van der Waals surface area contributed by atoms with Crippen LogP contribution in [0.5, 0.6) is 5.75 Å². The summed E-state index contributed by atoms with van der Waals surface area (Å²) in [5.41, 5.74) is 3.20. The Kier molecular flexibility index (Phi) is 9.09. The van der Waals surface area contributed by atoms with Gasteiger partial charge in [-0.2, -0.15) is 0 Å². The van der Waals surface area contributed by atoms with Gasteiger partial charge in [-0.1, -0.05) is 49.9 Å². The number of hydrogen-bond donors (Lipinski definition) is 2. The summed E-state index contributed by atoms with van der Waals surface area (Å²) in [5, 5.41) is 14.6. The predicted octanol–water partition coefficient (Wildman–Crippen LogP) is 3.75. The van der Waals surface area contributed by atoms with Gasteiger partial charge in [-0.3, -0.25) is 9.59 Å². The third kappa shape index (κ3) is 7.08. The van der Waals surface area contributed by atoms with E-state index in [9.17, 15) is 9.59 Å². The number of aromatic nitrogens is 3. The van der Waals surface area contributed by atoms with Gasteiger partial charge in [0.1, 0.15) is 5.75 Å². The Bertz CT molecular complexity index is 1100. The first-order valence-electron chi connectivity index (χ1n) is 11.3. The van der Waals surface area contributed by atoms with Crippen LogP contribution in [0, 0.1) is 0 Å². The summed E-state index contributed by atoms with van der Waals surface area (Å²) in [6.45, 7) is 6.09. The van der Waals surface area contributed by atoms with Crippen LogP contribution in [0.2, 0.25) is 0 Å². The van der Waals surface area contributed by atoms with Gasteiger partial charge in [-0.15, -0.1) is 10.2 Å². The van der Waals surface area contributed by atoms with E-state index < -0.39 is 6.10 Å². The summed E-state index contributed by atoms with van der Waals surface area (Å²) in [4.78, 5) is 24.7. The molecule has 0 saturated heterocycles. The molecule has 2 N–H and O–H groups in total. The highest BCUT2D eigenvalue weighted by Crippen LogP contribution is 2.17. The number of nitrogens with zero attached hydrogens (tertiary/aromatic N) is 3. The molecule has 2 aromatic carbocycles. The standard InChI is InChI=1S/C25H31N5O3S/c1-5-18-7-11-20(12-8-18)27-23(31)16-34-25-29-28-22(30(25)4)15-26-24(32)17(3)33-21-13-9-19(6-2)10-14-21/h7-14,17H,5-6,15-16H2,1-4H3,(H,26,32)(H,27,31)/t17-/m0/s1. The Morgan fingerprint density at radius 2 is 1.62 bits per heavy atom. The molecule has 0 aliphatic carbocycles. The van der Waals surface area contributed by atoms with Crippen molar-refractivity contribution in [3.05, 3.63) is 65.5 Å². The average Bonchev–Trinajstić information content (AvgIpc) is 3.21. The first kappa shape index (κ1) is 25.3. The minimum Gasteiger partial charge on any atom is -0.481 e. The SMILES string of the molecule is CCc1ccc(NC(=O)CSc2nnc(CNC(=O)[C@H](C)Oc3ccc(CC)cc3)n2C)cc1. The Balaban J connectivity index is 1.45. The molecule has 0 bridgehead atoms. The van der Waals surface area contributed by atoms with Crippen LogP contribution in [0.4, 0.5) is 5.69 Å². The molecule has 34 heavy (non-hydrogen) atoms. The minimum atomic E-state index is -0.648. The van der Waals surface area contributed by atoms with Crippen LogP contribution in [0.3, 0.4) is 0 Å². The lowest BCUT2D eigenvalue weighted by Crippen LogP contribution is -2.36. The van der Waals surface area contributed by atoms with Crippen molar-refractivity contribution in [1.29, 1.82) is 0 Å². The van der Waals surface area contributed by atoms with Gasteiger partial charge in [-0.05, 0) is 55.2 Å². The molecule has 9 heteroatoms. The molecule has 0 aliphatic rings. The second kappa shape index (κ2) is 12.2. The molecule has 0 radical (unpaired) electrons. The Labute approximate surface area is 204 Å². The molecule has 1 atom stereocenters. The zero-order chi connectivity index (χ0) is 24.5. The summed E-state index contributed by atoms with van der Waals surface area (Å²) >= 11 is 1.29. The topological polar surface area (TPSA) is 98.1 Å². The number of aryl methyl sites for hydroxylation is 2. The predicted molar refractivity (Wildman–Crippen MR) is 134 cm³/mol. The molecule has 0 unspecified atom stereocenters. The lowest BCUT2D eigenvalue weighted by molar-refractivity contribution is -0.127. The van der Waals surface area contributed by atoms with Gasteiger partial charge >= 0.3 is 0 Å². The van der Waals surface area contributed by atoms with Gasteiger partial charge in [0.15, 0.2) is 17.1 Å². The number of ether oxygens (including phenoxy) is 1. The molecule has 3 rings (SSSR count). The molecular weight excluding hydrogens is 450 g/mol. The van der Waals surface area contributed by atoms with Crippen molar-refractivity contribution in [2.45, 2.75) is 51.4 Å². The fourth-order valence-corrected chi connectivity index (χ4v) is 3.88. The van der Waals surface area contributed by atoms with Gasteiger partial charge in [0.05, 0.1) is 12.3 Å². The van der Waals surface area contributed by atoms with Crippen molar-refractivity contribution in [1.82, 2.24) is 20.1 Å². The number of amides is 2. The lowest BCUT2D eigenvalue weighted by atomic mass is 10.1. The summed E-state index contributed by atoms with van der Waals surface area (Å²) in [7, 11) is 1.81. The quantitative estimate of drug-likeness (QED) is 0.405. The number of thioether (sulfide) groups is 1. The molecule has 0 saturated carbocycles. The van der Waals surface area contributed by atoms with Crippen molar-refractivity contribution in [3.63, 3.8) is 0 Å². The number of benzene rings is 2. The largest absolute Gasteiger partial charge is 0.481 e. The van der Waals surface area contributed by atoms with Gasteiger partial charge in [-0.25, -0.2) is 0 Å². The van der Waals surface area contributed by atoms with E-state index in [-0.39, 0.29) is 24.1 Å². The third-order valence-corrected chi connectivity index (χ3v) is 6.36. The number of carbonyl (C=O) groups is 2. The first-order chi connectivity index (χ1) is 16.4. The highest BCUT2D eigenvalue weighted by atomic mass is 32.2. The van der Waals surface area contributed by atoms with Crippen molar-refractivity contribution < 1.29 is 14.3 Å². The van der Waals surface area contributed by atoms with E-state index in [2.05, 4.69) is 34.7 Å². The van der Waals surface area contributed by atoms with Gasteiger partial charge in [0.2, 0.25) is 5.91 Å². The average molecular weight is 482 g/mol. The summed E-state index contributed by atoms with van der Waals surface area (Å²) in [6, 6.07) is 15.5.